The average molecular weight is 464 g/mol. The van der Waals surface area contributed by atoms with E-state index in [1.54, 1.807) is 11.8 Å². The zero-order valence-electron chi connectivity index (χ0n) is 20.6. The molecule has 1 N–H and O–H groups in total. The average Bonchev–Trinajstić information content (AvgIpc) is 3.15. The van der Waals surface area contributed by atoms with Crippen molar-refractivity contribution in [2.45, 2.75) is 71.1 Å². The maximum atomic E-state index is 11.3. The summed E-state index contributed by atoms with van der Waals surface area (Å²) in [6.07, 6.45) is 0. The van der Waals surface area contributed by atoms with Gasteiger partial charge in [-0.1, -0.05) is 59.4 Å². The minimum Gasteiger partial charge on any atom is -0.344 e. The molecule has 0 bridgehead atoms. The molecule has 174 valence electrons. The summed E-state index contributed by atoms with van der Waals surface area (Å²) in [5.41, 5.74) is 5.69. The Morgan fingerprint density at radius 2 is 1.55 bits per heavy atom. The van der Waals surface area contributed by atoms with Gasteiger partial charge >= 0.3 is 0 Å². The lowest BCUT2D eigenvalue weighted by Gasteiger charge is -2.30. The third-order valence-corrected chi connectivity index (χ3v) is 6.86. The van der Waals surface area contributed by atoms with E-state index in [2.05, 4.69) is 84.7 Å². The van der Waals surface area contributed by atoms with E-state index in [4.69, 9.17) is 0 Å². The van der Waals surface area contributed by atoms with Crippen LogP contribution in [0.5, 0.6) is 0 Å². The molecule has 7 heteroatoms. The van der Waals surface area contributed by atoms with Crippen molar-refractivity contribution in [2.75, 3.05) is 16.1 Å². The van der Waals surface area contributed by atoms with Gasteiger partial charge in [0.1, 0.15) is 0 Å². The van der Waals surface area contributed by atoms with E-state index in [0.717, 1.165) is 33.8 Å². The first-order valence-corrected chi connectivity index (χ1v) is 12.3. The van der Waals surface area contributed by atoms with Gasteiger partial charge in [-0.25, -0.2) is 0 Å². The van der Waals surface area contributed by atoms with Gasteiger partial charge in [-0.2, -0.15) is 0 Å². The number of nitrogens with zero attached hydrogens (tertiary/aromatic N) is 4. The van der Waals surface area contributed by atoms with E-state index in [1.165, 1.54) is 18.1 Å². The predicted molar refractivity (Wildman–Crippen MR) is 137 cm³/mol. The molecule has 0 saturated carbocycles. The number of carbonyl (C=O) groups is 1. The quantitative estimate of drug-likeness (QED) is 0.514. The number of hydrogen-bond acceptors (Lipinski definition) is 5. The highest BCUT2D eigenvalue weighted by Gasteiger charge is 2.26. The topological polar surface area (TPSA) is 63.1 Å². The molecule has 0 radical (unpaired) electrons. The van der Waals surface area contributed by atoms with Gasteiger partial charge in [-0.05, 0) is 58.4 Å². The number of amides is 1. The third kappa shape index (κ3) is 5.08. The molecule has 1 aliphatic rings. The van der Waals surface area contributed by atoms with Gasteiger partial charge in [0.2, 0.25) is 5.91 Å². The molecule has 0 fully saturated rings. The summed E-state index contributed by atoms with van der Waals surface area (Å²) < 4.78 is 2.20. The van der Waals surface area contributed by atoms with Crippen LogP contribution in [0, 0.1) is 0 Å². The maximum Gasteiger partial charge on any atom is 0.221 e. The molecule has 1 amide bonds. The Labute approximate surface area is 200 Å². The van der Waals surface area contributed by atoms with Crippen LogP contribution in [-0.2, 0) is 22.3 Å². The summed E-state index contributed by atoms with van der Waals surface area (Å²) >= 11 is 1.69. The molecule has 3 aromatic rings. The van der Waals surface area contributed by atoms with Gasteiger partial charge in [0, 0.05) is 23.9 Å². The molecule has 33 heavy (non-hydrogen) atoms. The molecule has 2 aromatic carbocycles. The monoisotopic (exact) mass is 463 g/mol. The second-order valence-corrected chi connectivity index (χ2v) is 11.6. The first-order chi connectivity index (χ1) is 15.4. The summed E-state index contributed by atoms with van der Waals surface area (Å²) in [4.78, 5) is 13.6. The summed E-state index contributed by atoms with van der Waals surface area (Å²) in [6.45, 7) is 15.7. The lowest BCUT2D eigenvalue weighted by molar-refractivity contribution is -0.114. The lowest BCUT2D eigenvalue weighted by Crippen LogP contribution is -2.30. The van der Waals surface area contributed by atoms with Crippen LogP contribution < -0.4 is 10.2 Å². The van der Waals surface area contributed by atoms with Crippen LogP contribution >= 0.6 is 11.8 Å². The van der Waals surface area contributed by atoms with Crippen LogP contribution in [-0.4, -0.2) is 26.5 Å². The van der Waals surface area contributed by atoms with Crippen LogP contribution in [0.3, 0.4) is 0 Å². The molecule has 6 nitrogen and oxygen atoms in total. The van der Waals surface area contributed by atoms with Crippen molar-refractivity contribution in [1.82, 2.24) is 14.8 Å². The van der Waals surface area contributed by atoms with Crippen LogP contribution in [0.15, 0.2) is 47.6 Å². The number of anilines is 2. The van der Waals surface area contributed by atoms with Gasteiger partial charge < -0.3 is 10.2 Å². The van der Waals surface area contributed by atoms with Crippen molar-refractivity contribution < 1.29 is 4.79 Å². The second-order valence-electron chi connectivity index (χ2n) is 10.7. The van der Waals surface area contributed by atoms with E-state index in [9.17, 15) is 4.79 Å². The second kappa shape index (κ2) is 8.52. The zero-order valence-corrected chi connectivity index (χ0v) is 21.4. The number of hydrogen-bond donors (Lipinski definition) is 1. The van der Waals surface area contributed by atoms with Crippen LogP contribution in [0.1, 0.15) is 59.6 Å². The van der Waals surface area contributed by atoms with Gasteiger partial charge in [0.05, 0.1) is 12.5 Å². The van der Waals surface area contributed by atoms with Crippen LogP contribution in [0.2, 0.25) is 0 Å². The molecule has 0 unspecified atom stereocenters. The highest BCUT2D eigenvalue weighted by molar-refractivity contribution is 7.99. The van der Waals surface area contributed by atoms with Gasteiger partial charge in [-0.15, -0.1) is 10.2 Å². The third-order valence-electron chi connectivity index (χ3n) is 5.85. The first kappa shape index (κ1) is 23.4. The van der Waals surface area contributed by atoms with Crippen LogP contribution in [0.4, 0.5) is 11.4 Å². The molecular formula is C26H33N5OS. The van der Waals surface area contributed by atoms with E-state index in [1.807, 2.05) is 24.3 Å². The van der Waals surface area contributed by atoms with Gasteiger partial charge in [-0.3, -0.25) is 9.36 Å². The van der Waals surface area contributed by atoms with Crippen LogP contribution in [0.25, 0.3) is 11.4 Å². The van der Waals surface area contributed by atoms with Crippen molar-refractivity contribution in [3.63, 3.8) is 0 Å². The fraction of sp³-hybridized carbons (Fsp3) is 0.423. The molecule has 0 aliphatic carbocycles. The minimum atomic E-state index is -0.0674. The Balaban J connectivity index is 1.69. The standard InChI is InChI=1S/C26H33N5OS/c1-17(32)27-21-8-10-22(11-9-21)30-15-31-23(28-29-24(31)33-16-30)18-12-19(25(2,3)4)14-20(13-18)26(5,6)7/h8-14H,15-16H2,1-7H3,(H,27,32). The summed E-state index contributed by atoms with van der Waals surface area (Å²) in [6, 6.07) is 14.8. The zero-order chi connectivity index (χ0) is 24.0. The Hall–Kier alpha value is -2.80. The number of aromatic nitrogens is 3. The highest BCUT2D eigenvalue weighted by Crippen LogP contribution is 2.36. The highest BCUT2D eigenvalue weighted by atomic mass is 32.2. The molecule has 4 rings (SSSR count). The molecule has 0 saturated heterocycles. The number of thioether (sulfide) groups is 1. The Morgan fingerprint density at radius 3 is 2.09 bits per heavy atom. The maximum absolute atomic E-state index is 11.3. The Kier molecular flexibility index (Phi) is 6.03. The normalized spacial score (nSPS) is 14.2. The van der Waals surface area contributed by atoms with Crippen molar-refractivity contribution in [1.29, 1.82) is 0 Å². The molecule has 0 atom stereocenters. The lowest BCUT2D eigenvalue weighted by atomic mass is 9.79. The molecule has 2 heterocycles. The fourth-order valence-corrected chi connectivity index (χ4v) is 4.72. The van der Waals surface area contributed by atoms with Gasteiger partial charge in [0.15, 0.2) is 11.0 Å². The number of nitrogens with one attached hydrogen (secondary N) is 1. The van der Waals surface area contributed by atoms with Gasteiger partial charge in [0.25, 0.3) is 0 Å². The molecular weight excluding hydrogens is 430 g/mol. The summed E-state index contributed by atoms with van der Waals surface area (Å²) in [5, 5.41) is 12.9. The van der Waals surface area contributed by atoms with E-state index < -0.39 is 0 Å². The van der Waals surface area contributed by atoms with E-state index >= 15 is 0 Å². The SMILES string of the molecule is CC(=O)Nc1ccc(N2CSc3nnc(-c4cc(C(C)(C)C)cc(C(C)(C)C)c4)n3C2)cc1. The molecule has 1 aromatic heterocycles. The van der Waals surface area contributed by atoms with E-state index in [-0.39, 0.29) is 16.7 Å². The number of fused-ring (bicyclic) bond motifs is 1. The Morgan fingerprint density at radius 1 is 0.939 bits per heavy atom. The van der Waals surface area contributed by atoms with Crippen molar-refractivity contribution in [2.24, 2.45) is 0 Å². The van der Waals surface area contributed by atoms with Crippen molar-refractivity contribution >= 4 is 29.0 Å². The molecule has 0 spiro atoms. The predicted octanol–water partition coefficient (Wildman–Crippen LogP) is 6.03. The Bertz CT molecular complexity index is 1140. The molecule has 1 aliphatic heterocycles. The number of benzene rings is 2. The minimum absolute atomic E-state index is 0.0389. The number of rotatable bonds is 3. The number of carbonyl (C=O) groups excluding carboxylic acids is 1. The fourth-order valence-electron chi connectivity index (χ4n) is 3.82. The summed E-state index contributed by atoms with van der Waals surface area (Å²) in [5.74, 6) is 1.63. The van der Waals surface area contributed by atoms with Crippen molar-refractivity contribution in [3.05, 3.63) is 53.6 Å². The largest absolute Gasteiger partial charge is 0.344 e. The smallest absolute Gasteiger partial charge is 0.221 e. The van der Waals surface area contributed by atoms with Crippen molar-refractivity contribution in [3.8, 4) is 11.4 Å². The summed E-state index contributed by atoms with van der Waals surface area (Å²) in [7, 11) is 0. The first-order valence-electron chi connectivity index (χ1n) is 11.3. The van der Waals surface area contributed by atoms with E-state index in [0.29, 0.717) is 6.67 Å².